The Morgan fingerprint density at radius 2 is 2.31 bits per heavy atom. The third-order valence-corrected chi connectivity index (χ3v) is 3.07. The number of nitrogens with zero attached hydrogens (tertiary/aromatic N) is 3. The van der Waals surface area contributed by atoms with Crippen molar-refractivity contribution >= 4 is 27.5 Å². The average Bonchev–Trinajstić information content (AvgIpc) is 2.56. The van der Waals surface area contributed by atoms with Crippen LogP contribution in [-0.2, 0) is 0 Å². The van der Waals surface area contributed by atoms with Crippen molar-refractivity contribution in [1.29, 1.82) is 5.26 Å². The lowest BCUT2D eigenvalue weighted by molar-refractivity contribution is 0.787. The van der Waals surface area contributed by atoms with Gasteiger partial charge in [-0.1, -0.05) is 29.8 Å². The Kier molecular flexibility index (Phi) is 3.82. The van der Waals surface area contributed by atoms with Gasteiger partial charge in [-0.2, -0.15) is 9.64 Å². The van der Waals surface area contributed by atoms with Gasteiger partial charge in [0.2, 0.25) is 0 Å². The van der Waals surface area contributed by atoms with E-state index in [4.69, 9.17) is 5.26 Å². The Bertz CT molecular complexity index is 315. The molecule has 0 aliphatic carbocycles. The molecule has 1 unspecified atom stereocenters. The number of nitriles is 1. The zero-order valence-corrected chi connectivity index (χ0v) is 9.89. The van der Waals surface area contributed by atoms with Crippen molar-refractivity contribution in [3.05, 3.63) is 10.8 Å². The fourth-order valence-corrected chi connectivity index (χ4v) is 2.28. The molecular formula is C8H10BrN3S. The Balaban J connectivity index is 2.85. The molecule has 0 saturated carbocycles. The Morgan fingerprint density at radius 3 is 2.69 bits per heavy atom. The quantitative estimate of drug-likeness (QED) is 0.785. The zero-order valence-electron chi connectivity index (χ0n) is 7.49. The summed E-state index contributed by atoms with van der Waals surface area (Å²) in [6.45, 7) is 4.09. The predicted molar refractivity (Wildman–Crippen MR) is 56.1 cm³/mol. The van der Waals surface area contributed by atoms with Gasteiger partial charge in [-0.25, -0.2) is 4.98 Å². The molecule has 0 radical (unpaired) electrons. The molecule has 0 aliphatic heterocycles. The van der Waals surface area contributed by atoms with Crippen molar-refractivity contribution in [3.63, 3.8) is 0 Å². The molecule has 1 aromatic rings. The van der Waals surface area contributed by atoms with Gasteiger partial charge in [0.1, 0.15) is 16.7 Å². The van der Waals surface area contributed by atoms with Gasteiger partial charge in [0.05, 0.1) is 6.07 Å². The molecule has 0 bridgehead atoms. The molecule has 0 fully saturated rings. The van der Waals surface area contributed by atoms with Gasteiger partial charge in [-0.3, -0.25) is 0 Å². The highest BCUT2D eigenvalue weighted by atomic mass is 79.9. The van der Waals surface area contributed by atoms with Crippen LogP contribution < -0.4 is 0 Å². The summed E-state index contributed by atoms with van der Waals surface area (Å²) in [5, 5.41) is 10.2. The van der Waals surface area contributed by atoms with E-state index in [0.29, 0.717) is 11.2 Å². The number of hydrogen-bond donors (Lipinski definition) is 0. The monoisotopic (exact) mass is 259 g/mol. The molecule has 0 aliphatic rings. The smallest absolute Gasteiger partial charge is 0.145 e. The van der Waals surface area contributed by atoms with E-state index in [1.54, 1.807) is 0 Å². The first-order valence-corrected chi connectivity index (χ1v) is 5.87. The van der Waals surface area contributed by atoms with Crippen LogP contribution in [0.4, 0.5) is 0 Å². The maximum atomic E-state index is 8.79. The molecular weight excluding hydrogens is 250 g/mol. The highest BCUT2D eigenvalue weighted by Gasteiger charge is 2.15. The minimum Gasteiger partial charge on any atom is -0.223 e. The van der Waals surface area contributed by atoms with E-state index in [2.05, 4.69) is 31.4 Å². The standard InChI is InChI=1S/C8H10BrN3S/c1-5(2)7-11-8(13-12-7)6(3-9)4-10/h5-6H,3H2,1-2H3. The van der Waals surface area contributed by atoms with Crippen LogP contribution in [0.25, 0.3) is 0 Å². The second-order valence-corrected chi connectivity index (χ2v) is 4.41. The highest BCUT2D eigenvalue weighted by Crippen LogP contribution is 2.21. The molecule has 5 heteroatoms. The first kappa shape index (κ1) is 10.6. The molecule has 0 N–H and O–H groups in total. The number of rotatable bonds is 3. The highest BCUT2D eigenvalue weighted by molar-refractivity contribution is 9.09. The fourth-order valence-electron chi connectivity index (χ4n) is 0.779. The summed E-state index contributed by atoms with van der Waals surface area (Å²) in [6.07, 6.45) is 0. The lowest BCUT2D eigenvalue weighted by Gasteiger charge is -1.97. The molecule has 1 aromatic heterocycles. The summed E-state index contributed by atoms with van der Waals surface area (Å²) in [5.41, 5.74) is 0. The van der Waals surface area contributed by atoms with E-state index < -0.39 is 0 Å². The summed E-state index contributed by atoms with van der Waals surface area (Å²) >= 11 is 4.60. The van der Waals surface area contributed by atoms with E-state index in [-0.39, 0.29) is 5.92 Å². The molecule has 1 heterocycles. The summed E-state index contributed by atoms with van der Waals surface area (Å²) in [4.78, 5) is 4.31. The summed E-state index contributed by atoms with van der Waals surface area (Å²) < 4.78 is 4.19. The molecule has 0 amide bonds. The maximum absolute atomic E-state index is 8.79. The molecule has 3 nitrogen and oxygen atoms in total. The second kappa shape index (κ2) is 4.68. The van der Waals surface area contributed by atoms with Crippen molar-refractivity contribution in [2.24, 2.45) is 0 Å². The molecule has 0 spiro atoms. The van der Waals surface area contributed by atoms with Crippen LogP contribution in [-0.4, -0.2) is 14.7 Å². The second-order valence-electron chi connectivity index (χ2n) is 2.98. The largest absolute Gasteiger partial charge is 0.223 e. The third kappa shape index (κ3) is 2.48. The van der Waals surface area contributed by atoms with Crippen LogP contribution >= 0.6 is 27.5 Å². The van der Waals surface area contributed by atoms with Gasteiger partial charge in [-0.15, -0.1) is 0 Å². The minimum absolute atomic E-state index is 0.162. The van der Waals surface area contributed by atoms with Crippen LogP contribution in [0.5, 0.6) is 0 Å². The number of aromatic nitrogens is 2. The summed E-state index contributed by atoms with van der Waals surface area (Å²) in [7, 11) is 0. The lowest BCUT2D eigenvalue weighted by Crippen LogP contribution is -1.97. The Labute approximate surface area is 90.1 Å². The van der Waals surface area contributed by atoms with E-state index >= 15 is 0 Å². The SMILES string of the molecule is CC(C)c1nsc(C(C#N)CBr)n1. The van der Waals surface area contributed by atoms with Crippen molar-refractivity contribution < 1.29 is 0 Å². The van der Waals surface area contributed by atoms with Gasteiger partial charge < -0.3 is 0 Å². The van der Waals surface area contributed by atoms with Crippen molar-refractivity contribution in [2.45, 2.75) is 25.7 Å². The normalized spacial score (nSPS) is 12.8. The van der Waals surface area contributed by atoms with Crippen molar-refractivity contribution in [1.82, 2.24) is 9.36 Å². The van der Waals surface area contributed by atoms with Gasteiger partial charge >= 0.3 is 0 Å². The molecule has 1 rings (SSSR count). The number of hydrogen-bond acceptors (Lipinski definition) is 4. The van der Waals surface area contributed by atoms with E-state index in [9.17, 15) is 0 Å². The first-order valence-electron chi connectivity index (χ1n) is 3.98. The first-order chi connectivity index (χ1) is 6.19. The Hall–Kier alpha value is -0.470. The van der Waals surface area contributed by atoms with E-state index in [0.717, 1.165) is 10.8 Å². The predicted octanol–water partition coefficient (Wildman–Crippen LogP) is 2.66. The van der Waals surface area contributed by atoms with Crippen LogP contribution in [0, 0.1) is 11.3 Å². The van der Waals surface area contributed by atoms with Crippen molar-refractivity contribution in [2.75, 3.05) is 5.33 Å². The van der Waals surface area contributed by atoms with E-state index in [1.165, 1.54) is 11.5 Å². The van der Waals surface area contributed by atoms with Gasteiger partial charge in [0.25, 0.3) is 0 Å². The van der Waals surface area contributed by atoms with Crippen LogP contribution in [0.2, 0.25) is 0 Å². The minimum atomic E-state index is -0.162. The molecule has 0 saturated heterocycles. The van der Waals surface area contributed by atoms with E-state index in [1.807, 2.05) is 13.8 Å². The van der Waals surface area contributed by atoms with Crippen molar-refractivity contribution in [3.8, 4) is 6.07 Å². The zero-order chi connectivity index (χ0) is 9.84. The average molecular weight is 260 g/mol. The van der Waals surface area contributed by atoms with Gasteiger partial charge in [0.15, 0.2) is 0 Å². The summed E-state index contributed by atoms with van der Waals surface area (Å²) in [6, 6.07) is 2.18. The molecule has 70 valence electrons. The Morgan fingerprint density at radius 1 is 1.62 bits per heavy atom. The number of alkyl halides is 1. The van der Waals surface area contributed by atoms with Crippen LogP contribution in [0.1, 0.15) is 36.5 Å². The third-order valence-electron chi connectivity index (χ3n) is 1.58. The molecule has 0 aromatic carbocycles. The lowest BCUT2D eigenvalue weighted by atomic mass is 10.2. The van der Waals surface area contributed by atoms with Crippen LogP contribution in [0.15, 0.2) is 0 Å². The summed E-state index contributed by atoms with van der Waals surface area (Å²) in [5.74, 6) is 1.01. The number of halogens is 1. The topological polar surface area (TPSA) is 49.6 Å². The maximum Gasteiger partial charge on any atom is 0.145 e. The molecule has 13 heavy (non-hydrogen) atoms. The fraction of sp³-hybridized carbons (Fsp3) is 0.625. The van der Waals surface area contributed by atoms with Crippen LogP contribution in [0.3, 0.4) is 0 Å². The van der Waals surface area contributed by atoms with Gasteiger partial charge in [0, 0.05) is 11.2 Å². The molecule has 1 atom stereocenters. The van der Waals surface area contributed by atoms with Gasteiger partial charge in [-0.05, 0) is 11.5 Å².